The molecule has 0 unspecified atom stereocenters. The largest absolute Gasteiger partial charge is 1.00 e. The Bertz CT molecular complexity index is 526. The van der Waals surface area contributed by atoms with Crippen LogP contribution in [-0.2, 0) is 10.1 Å². The van der Waals surface area contributed by atoms with Crippen LogP contribution in [0.3, 0.4) is 0 Å². The zero-order valence-corrected chi connectivity index (χ0v) is 13.7. The smallest absolute Gasteiger partial charge is 0.744 e. The van der Waals surface area contributed by atoms with Gasteiger partial charge in [-0.15, -0.1) is 0 Å². The predicted octanol–water partition coefficient (Wildman–Crippen LogP) is -0.614. The van der Waals surface area contributed by atoms with Gasteiger partial charge in [0.1, 0.15) is 20.8 Å². The molecule has 0 saturated carbocycles. The number of phenolic OH excluding ortho intramolecular Hbond substituents is 1. The zero-order chi connectivity index (χ0) is 12.7. The molecule has 7 heteroatoms. The van der Waals surface area contributed by atoms with Gasteiger partial charge in [0.2, 0.25) is 0 Å². The third-order valence-corrected chi connectivity index (χ3v) is 3.73. The molecule has 90 valence electrons. The van der Waals surface area contributed by atoms with Gasteiger partial charge in [0.25, 0.3) is 0 Å². The normalized spacial score (nSPS) is 11.4. The van der Waals surface area contributed by atoms with Crippen LogP contribution in [0.2, 0.25) is 5.02 Å². The second-order valence-corrected chi connectivity index (χ2v) is 5.58. The van der Waals surface area contributed by atoms with Crippen LogP contribution >= 0.6 is 11.6 Å². The summed E-state index contributed by atoms with van der Waals surface area (Å²) in [6.45, 7) is 4.92. The third kappa shape index (κ3) is 3.59. The van der Waals surface area contributed by atoms with Gasteiger partial charge in [-0.3, -0.25) is 0 Å². The zero-order valence-electron chi connectivity index (χ0n) is 10.1. The molecule has 0 saturated heterocycles. The van der Waals surface area contributed by atoms with Gasteiger partial charge in [0, 0.05) is 5.02 Å². The number of hydrogen-bond acceptors (Lipinski definition) is 4. The van der Waals surface area contributed by atoms with Crippen LogP contribution in [0.25, 0.3) is 0 Å². The maximum atomic E-state index is 11.0. The van der Waals surface area contributed by atoms with Crippen LogP contribution in [0, 0.1) is 6.92 Å². The summed E-state index contributed by atoms with van der Waals surface area (Å²) >= 11 is 5.83. The molecule has 1 rings (SSSR count). The van der Waals surface area contributed by atoms with Gasteiger partial charge in [-0.25, -0.2) is 8.42 Å². The number of hydrogen-bond donors (Lipinski definition) is 1. The van der Waals surface area contributed by atoms with Crippen LogP contribution < -0.4 is 29.6 Å². The summed E-state index contributed by atoms with van der Waals surface area (Å²) < 4.78 is 33.1. The van der Waals surface area contributed by atoms with Crippen molar-refractivity contribution < 1.29 is 47.6 Å². The Hall–Kier alpha value is 0.220. The monoisotopic (exact) mass is 286 g/mol. The van der Waals surface area contributed by atoms with E-state index in [4.69, 9.17) is 11.6 Å². The van der Waals surface area contributed by atoms with Crippen molar-refractivity contribution in [1.82, 2.24) is 0 Å². The third-order valence-electron chi connectivity index (χ3n) is 2.34. The summed E-state index contributed by atoms with van der Waals surface area (Å²) in [7, 11) is -4.73. The summed E-state index contributed by atoms with van der Waals surface area (Å²) in [5.74, 6) is -0.620. The summed E-state index contributed by atoms with van der Waals surface area (Å²) in [5.41, 5.74) is 0.434. The topological polar surface area (TPSA) is 77.4 Å². The molecule has 0 spiro atoms. The van der Waals surface area contributed by atoms with Crippen molar-refractivity contribution in [2.75, 3.05) is 0 Å². The van der Waals surface area contributed by atoms with Crippen LogP contribution in [0.5, 0.6) is 5.75 Å². The Morgan fingerprint density at radius 3 is 2.24 bits per heavy atom. The second kappa shape index (κ2) is 5.91. The van der Waals surface area contributed by atoms with Crippen molar-refractivity contribution in [1.29, 1.82) is 0 Å². The standard InChI is InChI=1S/C10H13ClO4S.Na/c1-5(2)7-4-8(11)6(3)10(9(7)12)16(13,14)15;/h4-5,12H,1-3H3,(H,13,14,15);/q;+1/p-1. The van der Waals surface area contributed by atoms with E-state index < -0.39 is 20.8 Å². The quantitative estimate of drug-likeness (QED) is 0.581. The molecule has 0 aliphatic heterocycles. The molecule has 0 radical (unpaired) electrons. The van der Waals surface area contributed by atoms with Crippen molar-refractivity contribution in [2.24, 2.45) is 0 Å². The molecule has 0 atom stereocenters. The molecule has 1 aromatic rings. The van der Waals surface area contributed by atoms with Gasteiger partial charge in [-0.1, -0.05) is 25.4 Å². The molecule has 0 aromatic heterocycles. The first-order valence-corrected chi connectivity index (χ1v) is 6.42. The molecule has 4 nitrogen and oxygen atoms in total. The van der Waals surface area contributed by atoms with Crippen molar-refractivity contribution in [2.45, 2.75) is 31.6 Å². The Balaban J connectivity index is 0.00000256. The fraction of sp³-hybridized carbons (Fsp3) is 0.400. The van der Waals surface area contributed by atoms with E-state index in [0.29, 0.717) is 5.56 Å². The van der Waals surface area contributed by atoms with Gasteiger partial charge in [0.15, 0.2) is 0 Å². The molecule has 17 heavy (non-hydrogen) atoms. The second-order valence-electron chi connectivity index (χ2n) is 3.86. The van der Waals surface area contributed by atoms with E-state index >= 15 is 0 Å². The minimum Gasteiger partial charge on any atom is -0.744 e. The van der Waals surface area contributed by atoms with E-state index in [-0.39, 0.29) is 46.1 Å². The number of aromatic hydroxyl groups is 1. The summed E-state index contributed by atoms with van der Waals surface area (Å²) in [4.78, 5) is -0.622. The van der Waals surface area contributed by atoms with Gasteiger partial charge < -0.3 is 9.66 Å². The SMILES string of the molecule is Cc1c(Cl)cc(C(C)C)c(O)c1S(=O)(=O)[O-].[Na+]. The first kappa shape index (κ1) is 17.2. The van der Waals surface area contributed by atoms with Gasteiger partial charge in [0.05, 0.1) is 0 Å². The molecule has 1 aromatic carbocycles. The summed E-state index contributed by atoms with van der Waals surface area (Å²) in [6, 6.07) is 1.48. The van der Waals surface area contributed by atoms with Crippen molar-refractivity contribution in [3.63, 3.8) is 0 Å². The van der Waals surface area contributed by atoms with Gasteiger partial charge >= 0.3 is 29.6 Å². The first-order chi connectivity index (χ1) is 7.16. The van der Waals surface area contributed by atoms with E-state index in [9.17, 15) is 18.1 Å². The van der Waals surface area contributed by atoms with E-state index in [1.165, 1.54) is 13.0 Å². The van der Waals surface area contributed by atoms with Crippen molar-refractivity contribution >= 4 is 21.7 Å². The minimum absolute atomic E-state index is 0. The molecular formula is C10H12ClNaO4S. The van der Waals surface area contributed by atoms with E-state index in [1.54, 1.807) is 13.8 Å². The average molecular weight is 287 g/mol. The Labute approximate surface area is 128 Å². The first-order valence-electron chi connectivity index (χ1n) is 4.64. The fourth-order valence-electron chi connectivity index (χ4n) is 1.48. The molecule has 0 fully saturated rings. The Kier molecular flexibility index (Phi) is 5.98. The number of phenols is 1. The summed E-state index contributed by atoms with van der Waals surface area (Å²) in [6.07, 6.45) is 0. The van der Waals surface area contributed by atoms with E-state index in [2.05, 4.69) is 0 Å². The minimum atomic E-state index is -4.73. The van der Waals surface area contributed by atoms with Crippen molar-refractivity contribution in [3.05, 3.63) is 22.2 Å². The van der Waals surface area contributed by atoms with Crippen LogP contribution in [-0.4, -0.2) is 18.1 Å². The molecule has 0 amide bonds. The molecule has 0 aliphatic rings. The molecule has 1 N–H and O–H groups in total. The predicted molar refractivity (Wildman–Crippen MR) is 59.9 cm³/mol. The molecule has 0 bridgehead atoms. The van der Waals surface area contributed by atoms with Crippen molar-refractivity contribution in [3.8, 4) is 5.75 Å². The molecule has 0 aliphatic carbocycles. The maximum absolute atomic E-state index is 11.0. The fourth-order valence-corrected chi connectivity index (χ4v) is 2.58. The van der Waals surface area contributed by atoms with Gasteiger partial charge in [-0.05, 0) is 30.0 Å². The number of benzene rings is 1. The summed E-state index contributed by atoms with van der Waals surface area (Å²) in [5, 5.41) is 9.93. The van der Waals surface area contributed by atoms with Crippen LogP contribution in [0.15, 0.2) is 11.0 Å². The van der Waals surface area contributed by atoms with Gasteiger partial charge in [-0.2, -0.15) is 0 Å². The molecular weight excluding hydrogens is 275 g/mol. The average Bonchev–Trinajstić information content (AvgIpc) is 2.08. The van der Waals surface area contributed by atoms with E-state index in [0.717, 1.165) is 0 Å². The Morgan fingerprint density at radius 1 is 1.41 bits per heavy atom. The Morgan fingerprint density at radius 2 is 1.88 bits per heavy atom. The van der Waals surface area contributed by atoms with Crippen LogP contribution in [0.1, 0.15) is 30.9 Å². The van der Waals surface area contributed by atoms with Crippen LogP contribution in [0.4, 0.5) is 0 Å². The molecule has 0 heterocycles. The number of rotatable bonds is 2. The van der Waals surface area contributed by atoms with E-state index in [1.807, 2.05) is 0 Å². The number of halogens is 1. The maximum Gasteiger partial charge on any atom is 1.00 e.